The molecular weight excluding hydrogens is 232 g/mol. The Bertz CT molecular complexity index is 549. The van der Waals surface area contributed by atoms with Gasteiger partial charge in [0.15, 0.2) is 0 Å². The lowest BCUT2D eigenvalue weighted by Crippen LogP contribution is -1.91. The van der Waals surface area contributed by atoms with Crippen LogP contribution in [0.2, 0.25) is 0 Å². The molecule has 2 aromatic rings. The molecule has 0 saturated carbocycles. The molecule has 86 valence electrons. The van der Waals surface area contributed by atoms with Crippen LogP contribution < -0.4 is 0 Å². The third-order valence-electron chi connectivity index (χ3n) is 2.99. The fourth-order valence-electron chi connectivity index (χ4n) is 2.09. The molecule has 17 heavy (non-hydrogen) atoms. The molecular formula is C14H12O2S. The molecule has 0 aliphatic carbocycles. The Morgan fingerprint density at radius 2 is 1.65 bits per heavy atom. The summed E-state index contributed by atoms with van der Waals surface area (Å²) in [6.07, 6.45) is 0.977. The van der Waals surface area contributed by atoms with Crippen LogP contribution in [0.15, 0.2) is 47.4 Å². The lowest BCUT2D eigenvalue weighted by molar-refractivity contribution is 0.473. The fourth-order valence-corrected chi connectivity index (χ4v) is 3.45. The fraction of sp³-hybridized carbons (Fsp3) is 0.143. The largest absolute Gasteiger partial charge is 0.508 e. The van der Waals surface area contributed by atoms with E-state index >= 15 is 0 Å². The van der Waals surface area contributed by atoms with Crippen molar-refractivity contribution in [2.45, 2.75) is 16.6 Å². The summed E-state index contributed by atoms with van der Waals surface area (Å²) in [6, 6.07) is 12.9. The van der Waals surface area contributed by atoms with Gasteiger partial charge in [-0.05, 0) is 41.8 Å². The summed E-state index contributed by atoms with van der Waals surface area (Å²) >= 11 is 1.77. The van der Waals surface area contributed by atoms with Crippen molar-refractivity contribution in [3.05, 3.63) is 53.6 Å². The summed E-state index contributed by atoms with van der Waals surface area (Å²) < 4.78 is 0. The monoisotopic (exact) mass is 244 g/mol. The van der Waals surface area contributed by atoms with Crippen molar-refractivity contribution in [1.29, 1.82) is 0 Å². The van der Waals surface area contributed by atoms with Crippen LogP contribution in [0.1, 0.15) is 16.4 Å². The predicted molar refractivity (Wildman–Crippen MR) is 68.5 cm³/mol. The molecule has 2 N–H and O–H groups in total. The quantitative estimate of drug-likeness (QED) is 0.806. The van der Waals surface area contributed by atoms with E-state index in [0.29, 0.717) is 16.7 Å². The van der Waals surface area contributed by atoms with Crippen LogP contribution in [0.5, 0.6) is 11.5 Å². The molecule has 3 rings (SSSR count). The molecule has 0 fully saturated rings. The van der Waals surface area contributed by atoms with Gasteiger partial charge in [-0.15, -0.1) is 11.8 Å². The second-order valence-electron chi connectivity index (χ2n) is 4.19. The van der Waals surface area contributed by atoms with Crippen LogP contribution in [0.3, 0.4) is 0 Å². The Hall–Kier alpha value is -1.61. The number of benzene rings is 2. The molecule has 1 aliphatic rings. The van der Waals surface area contributed by atoms with Crippen molar-refractivity contribution >= 4 is 11.8 Å². The zero-order chi connectivity index (χ0) is 11.8. The second-order valence-corrected chi connectivity index (χ2v) is 5.44. The standard InChI is InChI=1S/C14H12O2S/c15-11-4-1-9(2-5-11)13-7-10-3-6-12(16)8-14(10)17-13/h1-6,8,13,15-16H,7H2. The molecule has 2 aromatic carbocycles. The number of rotatable bonds is 1. The van der Waals surface area contributed by atoms with E-state index in [9.17, 15) is 10.2 Å². The van der Waals surface area contributed by atoms with Gasteiger partial charge in [-0.3, -0.25) is 0 Å². The predicted octanol–water partition coefficient (Wildman–Crippen LogP) is 3.49. The summed E-state index contributed by atoms with van der Waals surface area (Å²) in [5, 5.41) is 19.1. The highest BCUT2D eigenvalue weighted by Gasteiger charge is 2.23. The summed E-state index contributed by atoms with van der Waals surface area (Å²) in [5.41, 5.74) is 2.49. The molecule has 0 bridgehead atoms. The Balaban J connectivity index is 1.88. The van der Waals surface area contributed by atoms with E-state index in [1.165, 1.54) is 11.1 Å². The van der Waals surface area contributed by atoms with Crippen molar-refractivity contribution < 1.29 is 10.2 Å². The number of hydrogen-bond acceptors (Lipinski definition) is 3. The Morgan fingerprint density at radius 1 is 0.941 bits per heavy atom. The van der Waals surface area contributed by atoms with Crippen LogP contribution in [-0.2, 0) is 6.42 Å². The number of thioether (sulfide) groups is 1. The van der Waals surface area contributed by atoms with E-state index in [0.717, 1.165) is 11.3 Å². The summed E-state index contributed by atoms with van der Waals surface area (Å²) in [6.45, 7) is 0. The van der Waals surface area contributed by atoms with Gasteiger partial charge in [0.25, 0.3) is 0 Å². The summed E-state index contributed by atoms with van der Waals surface area (Å²) in [7, 11) is 0. The minimum absolute atomic E-state index is 0.298. The average Bonchev–Trinajstić information content (AvgIpc) is 2.72. The van der Waals surface area contributed by atoms with E-state index in [-0.39, 0.29) is 0 Å². The zero-order valence-electron chi connectivity index (χ0n) is 9.13. The maximum absolute atomic E-state index is 9.44. The van der Waals surface area contributed by atoms with E-state index in [1.54, 1.807) is 30.0 Å². The maximum Gasteiger partial charge on any atom is 0.116 e. The average molecular weight is 244 g/mol. The molecule has 0 saturated heterocycles. The van der Waals surface area contributed by atoms with Crippen LogP contribution in [0, 0.1) is 0 Å². The van der Waals surface area contributed by atoms with E-state index < -0.39 is 0 Å². The van der Waals surface area contributed by atoms with Crippen molar-refractivity contribution in [2.75, 3.05) is 0 Å². The normalized spacial score (nSPS) is 18.0. The highest BCUT2D eigenvalue weighted by atomic mass is 32.2. The van der Waals surface area contributed by atoms with Crippen molar-refractivity contribution in [2.24, 2.45) is 0 Å². The van der Waals surface area contributed by atoms with Crippen molar-refractivity contribution in [1.82, 2.24) is 0 Å². The molecule has 0 amide bonds. The molecule has 0 spiro atoms. The number of fused-ring (bicyclic) bond motifs is 1. The third kappa shape index (κ3) is 1.98. The summed E-state index contributed by atoms with van der Waals surface area (Å²) in [4.78, 5) is 1.16. The number of aromatic hydroxyl groups is 2. The van der Waals surface area contributed by atoms with Gasteiger partial charge >= 0.3 is 0 Å². The minimum Gasteiger partial charge on any atom is -0.508 e. The first-order valence-corrected chi connectivity index (χ1v) is 6.38. The molecule has 1 unspecified atom stereocenters. The van der Waals surface area contributed by atoms with Crippen molar-refractivity contribution in [3.63, 3.8) is 0 Å². The summed E-state index contributed by atoms with van der Waals surface area (Å²) in [5.74, 6) is 0.620. The van der Waals surface area contributed by atoms with Gasteiger partial charge in [-0.25, -0.2) is 0 Å². The lowest BCUT2D eigenvalue weighted by atomic mass is 10.0. The van der Waals surface area contributed by atoms with Gasteiger partial charge in [0.2, 0.25) is 0 Å². The first-order chi connectivity index (χ1) is 8.22. The minimum atomic E-state index is 0.298. The molecule has 0 radical (unpaired) electrons. The lowest BCUT2D eigenvalue weighted by Gasteiger charge is -2.08. The SMILES string of the molecule is Oc1ccc(C2Cc3ccc(O)cc3S2)cc1. The van der Waals surface area contributed by atoms with E-state index in [4.69, 9.17) is 0 Å². The molecule has 1 aliphatic heterocycles. The van der Waals surface area contributed by atoms with Crippen molar-refractivity contribution in [3.8, 4) is 11.5 Å². The van der Waals surface area contributed by atoms with Gasteiger partial charge < -0.3 is 10.2 Å². The molecule has 0 aromatic heterocycles. The van der Waals surface area contributed by atoms with Crippen LogP contribution in [-0.4, -0.2) is 10.2 Å². The van der Waals surface area contributed by atoms with Gasteiger partial charge in [0, 0.05) is 10.1 Å². The topological polar surface area (TPSA) is 40.5 Å². The van der Waals surface area contributed by atoms with Crippen LogP contribution in [0.4, 0.5) is 0 Å². The highest BCUT2D eigenvalue weighted by molar-refractivity contribution is 7.99. The molecule has 3 heteroatoms. The number of phenolic OH excluding ortho intramolecular Hbond substituents is 2. The Kier molecular flexibility index (Phi) is 2.48. The molecule has 1 atom stereocenters. The third-order valence-corrected chi connectivity index (χ3v) is 4.35. The Labute approximate surface area is 104 Å². The smallest absolute Gasteiger partial charge is 0.116 e. The highest BCUT2D eigenvalue weighted by Crippen LogP contribution is 2.47. The molecule has 2 nitrogen and oxygen atoms in total. The van der Waals surface area contributed by atoms with Crippen LogP contribution >= 0.6 is 11.8 Å². The van der Waals surface area contributed by atoms with Crippen LogP contribution in [0.25, 0.3) is 0 Å². The number of hydrogen-bond donors (Lipinski definition) is 2. The number of phenols is 2. The first kappa shape index (κ1) is 10.5. The molecule has 1 heterocycles. The Morgan fingerprint density at radius 3 is 2.41 bits per heavy atom. The first-order valence-electron chi connectivity index (χ1n) is 5.50. The zero-order valence-corrected chi connectivity index (χ0v) is 9.95. The van der Waals surface area contributed by atoms with Gasteiger partial charge in [-0.1, -0.05) is 18.2 Å². The van der Waals surface area contributed by atoms with E-state index in [2.05, 4.69) is 0 Å². The van der Waals surface area contributed by atoms with Gasteiger partial charge in [0.1, 0.15) is 11.5 Å². The second kappa shape index (κ2) is 4.00. The van der Waals surface area contributed by atoms with Gasteiger partial charge in [0.05, 0.1) is 0 Å². The maximum atomic E-state index is 9.44. The van der Waals surface area contributed by atoms with E-state index in [1.807, 2.05) is 24.3 Å². The van der Waals surface area contributed by atoms with Gasteiger partial charge in [-0.2, -0.15) is 0 Å².